The Balaban J connectivity index is 1.18. The van der Waals surface area contributed by atoms with Gasteiger partial charge in [0, 0.05) is 0 Å². The summed E-state index contributed by atoms with van der Waals surface area (Å²) in [6, 6.07) is 27.7. The molecule has 2 aliphatic rings. The largest absolute Gasteiger partial charge is 0.0622 e. The molecule has 0 N–H and O–H groups in total. The molecule has 0 aromatic heterocycles. The van der Waals surface area contributed by atoms with Crippen LogP contribution < -0.4 is 0 Å². The summed E-state index contributed by atoms with van der Waals surface area (Å²) in [6.07, 6.45) is 8.24. The first kappa shape index (κ1) is 23.8. The van der Waals surface area contributed by atoms with Crippen LogP contribution in [-0.2, 0) is 0 Å². The first-order valence-electron chi connectivity index (χ1n) is 14.5. The molecule has 0 bridgehead atoms. The van der Waals surface area contributed by atoms with Crippen LogP contribution in [0.3, 0.4) is 0 Å². The van der Waals surface area contributed by atoms with Crippen molar-refractivity contribution in [2.75, 3.05) is 0 Å². The van der Waals surface area contributed by atoms with Gasteiger partial charge in [0.05, 0.1) is 0 Å². The maximum absolute atomic E-state index is 2.57. The Labute approximate surface area is 218 Å². The van der Waals surface area contributed by atoms with Gasteiger partial charge >= 0.3 is 0 Å². The fourth-order valence-electron chi connectivity index (χ4n) is 8.53. The molecule has 0 heteroatoms. The van der Waals surface area contributed by atoms with Gasteiger partial charge in [-0.1, -0.05) is 92.2 Å². The van der Waals surface area contributed by atoms with Gasteiger partial charge in [-0.25, -0.2) is 0 Å². The molecule has 2 fully saturated rings. The normalized spacial score (nSPS) is 29.0. The van der Waals surface area contributed by atoms with E-state index in [1.807, 2.05) is 0 Å². The van der Waals surface area contributed by atoms with Gasteiger partial charge in [0.1, 0.15) is 0 Å². The molecule has 0 heterocycles. The number of hydrogen-bond acceptors (Lipinski definition) is 0. The molecular formula is C36H42. The molecule has 2 saturated carbocycles. The highest BCUT2D eigenvalue weighted by Gasteiger charge is 2.40. The number of fused-ring (bicyclic) bond motifs is 2. The minimum absolute atomic E-state index is 0.700. The molecule has 0 amide bonds. The maximum Gasteiger partial charge on any atom is -0.0146 e. The molecule has 2 atom stereocenters. The Hall–Kier alpha value is -2.60. The molecule has 4 aromatic rings. The molecule has 0 saturated heterocycles. The Kier molecular flexibility index (Phi) is 6.40. The first-order valence-corrected chi connectivity index (χ1v) is 14.5. The van der Waals surface area contributed by atoms with Gasteiger partial charge in [0.2, 0.25) is 0 Å². The summed E-state index contributed by atoms with van der Waals surface area (Å²) < 4.78 is 0. The molecule has 4 aromatic carbocycles. The van der Waals surface area contributed by atoms with E-state index in [2.05, 4.69) is 100 Å². The van der Waals surface area contributed by atoms with Crippen molar-refractivity contribution in [3.63, 3.8) is 0 Å². The third-order valence-corrected chi connectivity index (χ3v) is 10.0. The summed E-state index contributed by atoms with van der Waals surface area (Å²) in [6.45, 7) is 9.67. The highest BCUT2D eigenvalue weighted by Crippen LogP contribution is 2.51. The van der Waals surface area contributed by atoms with Crippen molar-refractivity contribution >= 4 is 21.5 Å². The van der Waals surface area contributed by atoms with Crippen LogP contribution in [0.2, 0.25) is 0 Å². The van der Waals surface area contributed by atoms with E-state index < -0.39 is 0 Å². The van der Waals surface area contributed by atoms with E-state index in [1.54, 1.807) is 11.1 Å². The van der Waals surface area contributed by atoms with Crippen LogP contribution in [-0.4, -0.2) is 0 Å². The topological polar surface area (TPSA) is 0 Å². The van der Waals surface area contributed by atoms with Crippen molar-refractivity contribution in [2.24, 2.45) is 23.7 Å². The van der Waals surface area contributed by atoms with Crippen molar-refractivity contribution in [1.82, 2.24) is 0 Å². The molecule has 2 aliphatic carbocycles. The zero-order valence-corrected chi connectivity index (χ0v) is 22.6. The fourth-order valence-corrected chi connectivity index (χ4v) is 8.53. The fraction of sp³-hybridized carbons (Fsp3) is 0.444. The molecule has 0 aliphatic heterocycles. The predicted molar refractivity (Wildman–Crippen MR) is 156 cm³/mol. The van der Waals surface area contributed by atoms with Crippen molar-refractivity contribution in [3.8, 4) is 0 Å². The van der Waals surface area contributed by atoms with Crippen molar-refractivity contribution < 1.29 is 0 Å². The predicted octanol–water partition coefficient (Wildman–Crippen LogP) is 10.3. The summed E-state index contributed by atoms with van der Waals surface area (Å²) in [4.78, 5) is 0. The van der Waals surface area contributed by atoms with Crippen LogP contribution >= 0.6 is 0 Å². The van der Waals surface area contributed by atoms with Gasteiger partial charge in [0.25, 0.3) is 0 Å². The number of benzene rings is 4. The molecule has 6 rings (SSSR count). The van der Waals surface area contributed by atoms with E-state index in [4.69, 9.17) is 0 Å². The standard InChI is InChI=1S/C36H42/c1-23-19-29-9-5-6-11-32(29)35(20-23)30-21-25(3)36(26(4)22-30)28-16-14-27(15-17-28)33-18-13-24(2)31-10-7-8-12-34(31)33/h5-13,18-20,25-28,30,36H,14-17,21-22H2,1-4H3. The molecule has 0 radical (unpaired) electrons. The van der Waals surface area contributed by atoms with Crippen LogP contribution in [0.4, 0.5) is 0 Å². The molecule has 186 valence electrons. The van der Waals surface area contributed by atoms with E-state index in [-0.39, 0.29) is 0 Å². The van der Waals surface area contributed by atoms with E-state index in [1.165, 1.54) is 71.2 Å². The molecule has 0 spiro atoms. The number of aryl methyl sites for hydroxylation is 2. The van der Waals surface area contributed by atoms with Crippen LogP contribution in [0.15, 0.2) is 72.8 Å². The Morgan fingerprint density at radius 1 is 0.583 bits per heavy atom. The van der Waals surface area contributed by atoms with E-state index in [0.29, 0.717) is 5.92 Å². The summed E-state index contributed by atoms with van der Waals surface area (Å²) in [7, 11) is 0. The number of hydrogen-bond donors (Lipinski definition) is 0. The number of rotatable bonds is 3. The average molecular weight is 475 g/mol. The minimum atomic E-state index is 0.700. The lowest BCUT2D eigenvalue weighted by Crippen LogP contribution is -2.36. The van der Waals surface area contributed by atoms with Crippen molar-refractivity contribution in [2.45, 2.75) is 78.1 Å². The van der Waals surface area contributed by atoms with Crippen LogP contribution in [0, 0.1) is 37.5 Å². The van der Waals surface area contributed by atoms with Crippen LogP contribution in [0.5, 0.6) is 0 Å². The Morgan fingerprint density at radius 3 is 1.94 bits per heavy atom. The zero-order chi connectivity index (χ0) is 24.8. The Bertz CT molecular complexity index is 1360. The quantitative estimate of drug-likeness (QED) is 0.277. The monoisotopic (exact) mass is 474 g/mol. The maximum atomic E-state index is 2.57. The molecular weight excluding hydrogens is 432 g/mol. The summed E-state index contributed by atoms with van der Waals surface area (Å²) in [5.74, 6) is 4.82. The van der Waals surface area contributed by atoms with Gasteiger partial charge in [-0.05, 0) is 126 Å². The van der Waals surface area contributed by atoms with Gasteiger partial charge in [-0.15, -0.1) is 0 Å². The highest BCUT2D eigenvalue weighted by atomic mass is 14.4. The molecule has 36 heavy (non-hydrogen) atoms. The second kappa shape index (κ2) is 9.70. The van der Waals surface area contributed by atoms with E-state index in [9.17, 15) is 0 Å². The average Bonchev–Trinajstić information content (AvgIpc) is 2.89. The summed E-state index contributed by atoms with van der Waals surface area (Å²) >= 11 is 0. The molecule has 2 unspecified atom stereocenters. The van der Waals surface area contributed by atoms with Gasteiger partial charge in [-0.3, -0.25) is 0 Å². The second-order valence-corrected chi connectivity index (χ2v) is 12.4. The smallest absolute Gasteiger partial charge is 0.0146 e. The van der Waals surface area contributed by atoms with Crippen LogP contribution in [0.1, 0.15) is 86.5 Å². The van der Waals surface area contributed by atoms with Crippen molar-refractivity contribution in [3.05, 3.63) is 95.1 Å². The van der Waals surface area contributed by atoms with E-state index in [0.717, 1.165) is 29.6 Å². The molecule has 0 nitrogen and oxygen atoms in total. The second-order valence-electron chi connectivity index (χ2n) is 12.4. The van der Waals surface area contributed by atoms with Crippen molar-refractivity contribution in [1.29, 1.82) is 0 Å². The third kappa shape index (κ3) is 4.27. The minimum Gasteiger partial charge on any atom is -0.0622 e. The van der Waals surface area contributed by atoms with Gasteiger partial charge in [-0.2, -0.15) is 0 Å². The third-order valence-electron chi connectivity index (χ3n) is 10.0. The van der Waals surface area contributed by atoms with Gasteiger partial charge < -0.3 is 0 Å². The lowest BCUT2D eigenvalue weighted by atomic mass is 9.59. The highest BCUT2D eigenvalue weighted by molar-refractivity contribution is 5.89. The SMILES string of the molecule is Cc1cc(C2CC(C)C(C3CCC(c4ccc(C)c5ccccc45)CC3)C(C)C2)c2ccccc2c1. The van der Waals surface area contributed by atoms with E-state index >= 15 is 0 Å². The lowest BCUT2D eigenvalue weighted by molar-refractivity contribution is 0.0729. The summed E-state index contributed by atoms with van der Waals surface area (Å²) in [5.41, 5.74) is 6.03. The Morgan fingerprint density at radius 2 is 1.22 bits per heavy atom. The lowest BCUT2D eigenvalue weighted by Gasteiger charge is -2.46. The van der Waals surface area contributed by atoms with Crippen LogP contribution in [0.25, 0.3) is 21.5 Å². The first-order chi connectivity index (χ1) is 17.5. The van der Waals surface area contributed by atoms with Gasteiger partial charge in [0.15, 0.2) is 0 Å². The zero-order valence-electron chi connectivity index (χ0n) is 22.6. The summed E-state index contributed by atoms with van der Waals surface area (Å²) in [5, 5.41) is 5.84.